The number of nitrogens with zero attached hydrogens (tertiary/aromatic N) is 1. The molecule has 3 N–H and O–H groups in total. The molecule has 0 bridgehead atoms. The summed E-state index contributed by atoms with van der Waals surface area (Å²) in [6, 6.07) is 0. The molecule has 4 atom stereocenters. The normalized spacial score (nSPS) is 35.8. The van der Waals surface area contributed by atoms with Crippen molar-refractivity contribution < 1.29 is 26.8 Å². The van der Waals surface area contributed by atoms with Gasteiger partial charge in [0.25, 0.3) is 5.85 Å². The van der Waals surface area contributed by atoms with Crippen molar-refractivity contribution in [3.63, 3.8) is 0 Å². The number of halogens is 2. The summed E-state index contributed by atoms with van der Waals surface area (Å²) in [5.41, 5.74) is -0.882. The molecule has 1 aliphatic heterocycles. The second-order valence-electron chi connectivity index (χ2n) is 4.04. The maximum Gasteiger partial charge on any atom is 0.328 e. The van der Waals surface area contributed by atoms with Crippen LogP contribution < -0.4 is 5.69 Å². The largest absolute Gasteiger partial charge is 0.385 e. The molecule has 2 rings (SSSR count). The Hall–Kier alpha value is -0.840. The number of H-pyrrole nitrogens is 1. The molecule has 0 radical (unpaired) electrons. The van der Waals surface area contributed by atoms with Crippen LogP contribution in [-0.2, 0) is 9.47 Å². The van der Waals surface area contributed by atoms with E-state index in [-0.39, 0.29) is 9.66 Å². The van der Waals surface area contributed by atoms with Crippen LogP contribution in [-0.4, -0.2) is 51.5 Å². The average molecular weight is 329 g/mol. The van der Waals surface area contributed by atoms with Crippen LogP contribution in [0.5, 0.6) is 0 Å². The Labute approximate surface area is 125 Å². The average Bonchev–Trinajstić information content (AvgIpc) is 2.69. The van der Waals surface area contributed by atoms with E-state index in [4.69, 9.17) is 31.3 Å². The van der Waals surface area contributed by atoms with Crippen molar-refractivity contribution in [1.29, 1.82) is 0 Å². The van der Waals surface area contributed by atoms with E-state index in [1.54, 1.807) is 0 Å². The van der Waals surface area contributed by atoms with Gasteiger partial charge in [-0.3, -0.25) is 9.55 Å². The first kappa shape index (κ1) is 12.9. The number of rotatable bonds is 3. The first-order valence-electron chi connectivity index (χ1n) is 6.34. The van der Waals surface area contributed by atoms with Crippen molar-refractivity contribution in [1.82, 2.24) is 9.55 Å². The van der Waals surface area contributed by atoms with Crippen molar-refractivity contribution in [3.8, 4) is 0 Å². The SMILES string of the molecule is [2H]C([2H])(OC)[C@@]1(F)O[C@@H](n2cc(Cl)c(=S)[nH]c2=O)[C@H](O)[C@@H]1O. The van der Waals surface area contributed by atoms with E-state index >= 15 is 0 Å². The minimum atomic E-state index is -3.40. The molecule has 7 nitrogen and oxygen atoms in total. The predicted molar refractivity (Wildman–Crippen MR) is 68.7 cm³/mol. The van der Waals surface area contributed by atoms with Crippen LogP contribution in [0.15, 0.2) is 11.0 Å². The maximum atomic E-state index is 14.7. The zero-order valence-corrected chi connectivity index (χ0v) is 11.6. The monoisotopic (exact) mass is 328 g/mol. The van der Waals surface area contributed by atoms with Gasteiger partial charge in [-0.1, -0.05) is 23.8 Å². The van der Waals surface area contributed by atoms with Crippen LogP contribution in [0.2, 0.25) is 5.02 Å². The molecule has 0 aromatic carbocycles. The Morgan fingerprint density at radius 1 is 1.80 bits per heavy atom. The van der Waals surface area contributed by atoms with Crippen LogP contribution in [0, 0.1) is 4.64 Å². The number of ether oxygens (including phenoxy) is 2. The standard InChI is InChI=1S/C10H12ClFN2O5S/c1-18-3-10(12)6(16)5(15)8(19-10)14-2-4(11)7(20)13-9(14)17/h2,5-6,8,15-16H,3H2,1H3,(H,13,17,20)/t5-,6+,8-,10-/m1/s1/i3D2. The summed E-state index contributed by atoms with van der Waals surface area (Å²) in [6.07, 6.45) is -5.01. The van der Waals surface area contributed by atoms with Gasteiger partial charge in [0, 0.05) is 13.3 Å². The molecule has 1 fully saturated rings. The van der Waals surface area contributed by atoms with Crippen molar-refractivity contribution in [2.75, 3.05) is 13.7 Å². The maximum absolute atomic E-state index is 14.7. The van der Waals surface area contributed by atoms with E-state index in [2.05, 4.69) is 9.72 Å². The second-order valence-corrected chi connectivity index (χ2v) is 4.85. The van der Waals surface area contributed by atoms with E-state index in [0.29, 0.717) is 4.57 Å². The highest BCUT2D eigenvalue weighted by molar-refractivity contribution is 7.71. The molecule has 0 unspecified atom stereocenters. The third kappa shape index (κ3) is 2.52. The Balaban J connectivity index is 2.50. The lowest BCUT2D eigenvalue weighted by atomic mass is 10.1. The van der Waals surface area contributed by atoms with Crippen LogP contribution in [0.1, 0.15) is 8.97 Å². The second kappa shape index (κ2) is 5.51. The van der Waals surface area contributed by atoms with Gasteiger partial charge in [-0.2, -0.15) is 0 Å². The van der Waals surface area contributed by atoms with Crippen molar-refractivity contribution in [2.45, 2.75) is 24.3 Å². The molecular formula is C10H12ClFN2O5S. The van der Waals surface area contributed by atoms with Crippen molar-refractivity contribution in [2.24, 2.45) is 0 Å². The summed E-state index contributed by atoms with van der Waals surface area (Å²) < 4.78 is 39.2. The van der Waals surface area contributed by atoms with Gasteiger partial charge in [-0.05, 0) is 0 Å². The summed E-state index contributed by atoms with van der Waals surface area (Å²) in [5.74, 6) is -3.40. The lowest BCUT2D eigenvalue weighted by Gasteiger charge is -2.21. The fraction of sp³-hybridized carbons (Fsp3) is 0.600. The van der Waals surface area contributed by atoms with Crippen LogP contribution >= 0.6 is 23.8 Å². The summed E-state index contributed by atoms with van der Waals surface area (Å²) in [4.78, 5) is 14.0. The van der Waals surface area contributed by atoms with Gasteiger partial charge >= 0.3 is 5.69 Å². The Morgan fingerprint density at radius 3 is 3.05 bits per heavy atom. The molecule has 1 saturated heterocycles. The molecule has 10 heteroatoms. The topological polar surface area (TPSA) is 96.7 Å². The highest BCUT2D eigenvalue weighted by atomic mass is 35.5. The number of alkyl halides is 1. The number of methoxy groups -OCH3 is 1. The number of nitrogens with one attached hydrogen (secondary N) is 1. The fourth-order valence-corrected chi connectivity index (χ4v) is 2.08. The first-order chi connectivity index (χ1) is 10.0. The van der Waals surface area contributed by atoms with E-state index in [1.165, 1.54) is 0 Å². The molecule has 20 heavy (non-hydrogen) atoms. The number of aliphatic hydroxyl groups excluding tert-OH is 2. The van der Waals surface area contributed by atoms with Crippen LogP contribution in [0.3, 0.4) is 0 Å². The van der Waals surface area contributed by atoms with Gasteiger partial charge in [0.15, 0.2) is 6.23 Å². The van der Waals surface area contributed by atoms with Crippen molar-refractivity contribution in [3.05, 3.63) is 26.3 Å². The lowest BCUT2D eigenvalue weighted by Crippen LogP contribution is -2.42. The third-order valence-corrected chi connectivity index (χ3v) is 3.45. The van der Waals surface area contributed by atoms with Gasteiger partial charge in [0.05, 0.1) is 7.76 Å². The van der Waals surface area contributed by atoms with E-state index in [1.807, 2.05) is 0 Å². The van der Waals surface area contributed by atoms with Crippen molar-refractivity contribution >= 4 is 23.8 Å². The van der Waals surface area contributed by atoms with Gasteiger partial charge in [0.2, 0.25) is 0 Å². The van der Waals surface area contributed by atoms with E-state index in [0.717, 1.165) is 13.3 Å². The summed E-state index contributed by atoms with van der Waals surface area (Å²) >= 11 is 10.5. The molecule has 1 aromatic rings. The van der Waals surface area contributed by atoms with E-state index in [9.17, 15) is 19.4 Å². The Bertz CT molecular complexity index is 701. The summed E-state index contributed by atoms with van der Waals surface area (Å²) in [7, 11) is 0.861. The summed E-state index contributed by atoms with van der Waals surface area (Å²) in [6.45, 7) is -3.07. The van der Waals surface area contributed by atoms with Gasteiger partial charge in [-0.15, -0.1) is 0 Å². The molecule has 112 valence electrons. The van der Waals surface area contributed by atoms with Gasteiger partial charge in [-0.25, -0.2) is 9.18 Å². The number of hydrogen-bond donors (Lipinski definition) is 3. The molecule has 2 heterocycles. The fourth-order valence-electron chi connectivity index (χ4n) is 1.79. The van der Waals surface area contributed by atoms with Crippen LogP contribution in [0.4, 0.5) is 4.39 Å². The number of aromatic nitrogens is 2. The first-order valence-corrected chi connectivity index (χ1v) is 6.13. The quantitative estimate of drug-likeness (QED) is 0.682. The Kier molecular flexibility index (Phi) is 3.54. The number of hydrogen-bond acceptors (Lipinski definition) is 6. The highest BCUT2D eigenvalue weighted by Crippen LogP contribution is 2.38. The molecule has 0 spiro atoms. The molecule has 1 aliphatic rings. The van der Waals surface area contributed by atoms with Gasteiger partial charge in [0.1, 0.15) is 23.4 Å². The van der Waals surface area contributed by atoms with E-state index < -0.39 is 36.5 Å². The zero-order valence-electron chi connectivity index (χ0n) is 12.0. The Morgan fingerprint density at radius 2 is 2.45 bits per heavy atom. The molecule has 0 aliphatic carbocycles. The third-order valence-electron chi connectivity index (χ3n) is 2.73. The number of aromatic amines is 1. The minimum Gasteiger partial charge on any atom is -0.385 e. The highest BCUT2D eigenvalue weighted by Gasteiger charge is 2.56. The van der Waals surface area contributed by atoms with Crippen LogP contribution in [0.25, 0.3) is 0 Å². The predicted octanol–water partition coefficient (Wildman–Crippen LogP) is 0.122. The number of aliphatic hydroxyl groups is 2. The summed E-state index contributed by atoms with van der Waals surface area (Å²) in [5, 5.41) is 19.6. The molecule has 0 saturated carbocycles. The molecular weight excluding hydrogens is 315 g/mol. The lowest BCUT2D eigenvalue weighted by molar-refractivity contribution is -0.211. The molecule has 0 amide bonds. The van der Waals surface area contributed by atoms with Gasteiger partial charge < -0.3 is 19.7 Å². The minimum absolute atomic E-state index is 0.0744. The zero-order chi connectivity index (χ0) is 16.9. The smallest absolute Gasteiger partial charge is 0.328 e. The molecule has 1 aromatic heterocycles.